The van der Waals surface area contributed by atoms with Gasteiger partial charge in [0.05, 0.1) is 26.4 Å². The predicted molar refractivity (Wildman–Crippen MR) is 62.4 cm³/mol. The summed E-state index contributed by atoms with van der Waals surface area (Å²) in [4.78, 5) is 10.6. The van der Waals surface area contributed by atoms with Crippen LogP contribution in [0, 0.1) is 0 Å². The summed E-state index contributed by atoms with van der Waals surface area (Å²) in [6.07, 6.45) is 0.820. The molecule has 17 heavy (non-hydrogen) atoms. The normalized spacial score (nSPS) is 12.1. The number of rotatable bonds is 11. The summed E-state index contributed by atoms with van der Waals surface area (Å²) in [7, 11) is 0. The Kier molecular flexibility index (Phi) is 10.9. The lowest BCUT2D eigenvalue weighted by Crippen LogP contribution is -2.20. The van der Waals surface area contributed by atoms with Gasteiger partial charge in [0.2, 0.25) is 0 Å². The van der Waals surface area contributed by atoms with Crippen LogP contribution in [0.2, 0.25) is 0 Å². The average Bonchev–Trinajstić information content (AvgIpc) is 2.34. The molecule has 0 spiro atoms. The van der Waals surface area contributed by atoms with Gasteiger partial charge in [-0.3, -0.25) is 0 Å². The fraction of sp³-hybridized carbons (Fsp3) is 0.727. The minimum Gasteiger partial charge on any atom is -0.460 e. The lowest BCUT2D eigenvalue weighted by Gasteiger charge is -2.13. The first-order chi connectivity index (χ1) is 8.20. The van der Waals surface area contributed by atoms with Crippen molar-refractivity contribution in [1.82, 2.24) is 0 Å². The fourth-order valence-electron chi connectivity index (χ4n) is 0.917. The van der Waals surface area contributed by atoms with Gasteiger partial charge >= 0.3 is 5.97 Å². The number of esters is 1. The molecule has 0 aliphatic carbocycles. The molecule has 0 aliphatic rings. The second kappa shape index (κ2) is 11.5. The average molecular weight is 247 g/mol. The zero-order valence-electron chi connectivity index (χ0n) is 10.2. The van der Waals surface area contributed by atoms with Crippen molar-refractivity contribution in [3.63, 3.8) is 0 Å². The number of nitrogens with two attached hydrogens (primary N) is 1. The van der Waals surface area contributed by atoms with E-state index in [9.17, 15) is 4.79 Å². The largest absolute Gasteiger partial charge is 0.460 e. The molecule has 1 atom stereocenters. The molecule has 0 rings (SSSR count). The second-order valence-corrected chi connectivity index (χ2v) is 3.08. The van der Waals surface area contributed by atoms with Gasteiger partial charge in [-0.05, 0) is 6.92 Å². The number of ether oxygens (including phenoxy) is 4. The summed E-state index contributed by atoms with van der Waals surface area (Å²) in [6, 6.07) is 0. The molecule has 0 amide bonds. The van der Waals surface area contributed by atoms with Gasteiger partial charge in [0.25, 0.3) is 0 Å². The predicted octanol–water partition coefficient (Wildman–Crippen LogP) is 0.0701. The van der Waals surface area contributed by atoms with Crippen LogP contribution >= 0.6 is 0 Å². The zero-order chi connectivity index (χ0) is 12.9. The van der Waals surface area contributed by atoms with Gasteiger partial charge in [-0.1, -0.05) is 6.58 Å². The van der Waals surface area contributed by atoms with Crippen LogP contribution in [0.5, 0.6) is 0 Å². The number of hydrogen-bond donors (Lipinski definition) is 1. The number of carbonyl (C=O) groups is 1. The molecule has 1 unspecified atom stereocenters. The molecule has 0 heterocycles. The Hall–Kier alpha value is -0.950. The molecule has 100 valence electrons. The van der Waals surface area contributed by atoms with E-state index < -0.39 is 5.97 Å². The Morgan fingerprint density at radius 2 is 1.88 bits per heavy atom. The highest BCUT2D eigenvalue weighted by Crippen LogP contribution is 1.92. The van der Waals surface area contributed by atoms with Crippen molar-refractivity contribution in [2.75, 3.05) is 39.6 Å². The van der Waals surface area contributed by atoms with Gasteiger partial charge in [0.1, 0.15) is 6.61 Å². The van der Waals surface area contributed by atoms with E-state index in [4.69, 9.17) is 24.7 Å². The molecule has 0 aliphatic heterocycles. The Balaban J connectivity index is 3.17. The van der Waals surface area contributed by atoms with E-state index in [1.54, 1.807) is 6.92 Å². The molecule has 2 N–H and O–H groups in total. The van der Waals surface area contributed by atoms with E-state index in [0.717, 1.165) is 6.08 Å². The minimum atomic E-state index is -0.450. The highest BCUT2D eigenvalue weighted by molar-refractivity contribution is 5.81. The summed E-state index contributed by atoms with van der Waals surface area (Å²) in [6.45, 7) is 7.39. The highest BCUT2D eigenvalue weighted by Gasteiger charge is 2.00. The second-order valence-electron chi connectivity index (χ2n) is 3.08. The maximum absolute atomic E-state index is 10.6. The van der Waals surface area contributed by atoms with Crippen molar-refractivity contribution in [1.29, 1.82) is 0 Å². The lowest BCUT2D eigenvalue weighted by atomic mass is 10.6. The van der Waals surface area contributed by atoms with Gasteiger partial charge in [0, 0.05) is 12.6 Å². The first-order valence-electron chi connectivity index (χ1n) is 5.51. The smallest absolute Gasteiger partial charge is 0.330 e. The molecule has 6 heteroatoms. The van der Waals surface area contributed by atoms with E-state index in [-0.39, 0.29) is 12.9 Å². The van der Waals surface area contributed by atoms with Crippen molar-refractivity contribution < 1.29 is 23.7 Å². The molecule has 0 radical (unpaired) electrons. The molecular formula is C11H21NO5. The van der Waals surface area contributed by atoms with Gasteiger partial charge < -0.3 is 24.7 Å². The van der Waals surface area contributed by atoms with Crippen LogP contribution in [0.3, 0.4) is 0 Å². The van der Waals surface area contributed by atoms with E-state index >= 15 is 0 Å². The Bertz CT molecular complexity index is 210. The first kappa shape index (κ1) is 16.1. The number of hydrogen-bond acceptors (Lipinski definition) is 6. The van der Waals surface area contributed by atoms with Crippen LogP contribution < -0.4 is 5.73 Å². The summed E-state index contributed by atoms with van der Waals surface area (Å²) in [5.74, 6) is -0.450. The Morgan fingerprint density at radius 3 is 2.53 bits per heavy atom. The van der Waals surface area contributed by atoms with Gasteiger partial charge in [-0.2, -0.15) is 0 Å². The Labute approximate surface area is 102 Å². The molecule has 0 saturated heterocycles. The molecule has 6 nitrogen and oxygen atoms in total. The minimum absolute atomic E-state index is 0.212. The van der Waals surface area contributed by atoms with E-state index in [1.165, 1.54) is 0 Å². The standard InChI is InChI=1S/C11H21NO5/c1-3-11(13)17-9-7-14-6-8-16-10(2)15-5-4-12/h3,10H,1,4-9,12H2,2H3. The van der Waals surface area contributed by atoms with Crippen molar-refractivity contribution in [2.24, 2.45) is 5.73 Å². The van der Waals surface area contributed by atoms with E-state index in [2.05, 4.69) is 6.58 Å². The van der Waals surface area contributed by atoms with Crippen LogP contribution in [-0.4, -0.2) is 51.8 Å². The molecule has 0 aromatic carbocycles. The van der Waals surface area contributed by atoms with Gasteiger partial charge in [-0.15, -0.1) is 0 Å². The van der Waals surface area contributed by atoms with Crippen molar-refractivity contribution in [2.45, 2.75) is 13.2 Å². The van der Waals surface area contributed by atoms with Crippen LogP contribution in [0.25, 0.3) is 0 Å². The zero-order valence-corrected chi connectivity index (χ0v) is 10.2. The first-order valence-corrected chi connectivity index (χ1v) is 5.51. The van der Waals surface area contributed by atoms with Gasteiger partial charge in [-0.25, -0.2) is 4.79 Å². The number of carbonyl (C=O) groups excluding carboxylic acids is 1. The van der Waals surface area contributed by atoms with Crippen LogP contribution in [0.15, 0.2) is 12.7 Å². The van der Waals surface area contributed by atoms with E-state index in [1.807, 2.05) is 0 Å². The summed E-state index contributed by atoms with van der Waals surface area (Å²) in [5, 5.41) is 0. The molecule has 0 aromatic rings. The third-order valence-electron chi connectivity index (χ3n) is 1.69. The molecule has 0 aromatic heterocycles. The summed E-state index contributed by atoms with van der Waals surface area (Å²) < 4.78 is 20.3. The molecule has 0 bridgehead atoms. The third-order valence-corrected chi connectivity index (χ3v) is 1.69. The van der Waals surface area contributed by atoms with E-state index in [0.29, 0.717) is 33.0 Å². The maximum Gasteiger partial charge on any atom is 0.330 e. The quantitative estimate of drug-likeness (QED) is 0.241. The lowest BCUT2D eigenvalue weighted by molar-refractivity contribution is -0.143. The molecule has 0 fully saturated rings. The molecule has 0 saturated carbocycles. The third kappa shape index (κ3) is 11.3. The maximum atomic E-state index is 10.6. The van der Waals surface area contributed by atoms with Crippen molar-refractivity contribution in [3.05, 3.63) is 12.7 Å². The molecular weight excluding hydrogens is 226 g/mol. The Morgan fingerprint density at radius 1 is 1.24 bits per heavy atom. The fourth-order valence-corrected chi connectivity index (χ4v) is 0.917. The van der Waals surface area contributed by atoms with Crippen molar-refractivity contribution in [3.8, 4) is 0 Å². The summed E-state index contributed by atoms with van der Waals surface area (Å²) in [5.41, 5.74) is 5.27. The van der Waals surface area contributed by atoms with Crippen LogP contribution in [-0.2, 0) is 23.7 Å². The van der Waals surface area contributed by atoms with Gasteiger partial charge in [0.15, 0.2) is 6.29 Å². The topological polar surface area (TPSA) is 80.0 Å². The van der Waals surface area contributed by atoms with Crippen molar-refractivity contribution >= 4 is 5.97 Å². The summed E-state index contributed by atoms with van der Waals surface area (Å²) >= 11 is 0. The SMILES string of the molecule is C=CC(=O)OCCOCCOC(C)OCCN. The highest BCUT2D eigenvalue weighted by atomic mass is 16.7. The van der Waals surface area contributed by atoms with Crippen LogP contribution in [0.4, 0.5) is 0 Å². The monoisotopic (exact) mass is 247 g/mol. The van der Waals surface area contributed by atoms with Crippen LogP contribution in [0.1, 0.15) is 6.92 Å².